The van der Waals surface area contributed by atoms with Crippen LogP contribution in [-0.4, -0.2) is 35.6 Å². The summed E-state index contributed by atoms with van der Waals surface area (Å²) in [5, 5.41) is 9.73. The number of ether oxygens (including phenoxy) is 1. The van der Waals surface area contributed by atoms with E-state index in [1.165, 1.54) is 0 Å². The van der Waals surface area contributed by atoms with E-state index >= 15 is 0 Å². The molecule has 1 saturated heterocycles. The summed E-state index contributed by atoms with van der Waals surface area (Å²) < 4.78 is 5.48. The summed E-state index contributed by atoms with van der Waals surface area (Å²) in [4.78, 5) is 24.2. The highest BCUT2D eigenvalue weighted by Crippen LogP contribution is 2.30. The first-order valence-corrected chi connectivity index (χ1v) is 9.75. The number of hydrogen-bond acceptors (Lipinski definition) is 6. The van der Waals surface area contributed by atoms with Crippen LogP contribution in [0, 0.1) is 17.2 Å². The van der Waals surface area contributed by atoms with E-state index in [9.17, 15) is 10.1 Å². The van der Waals surface area contributed by atoms with Crippen LogP contribution in [0.25, 0.3) is 11.0 Å². The Morgan fingerprint density at radius 2 is 1.81 bits per heavy atom. The fourth-order valence-corrected chi connectivity index (χ4v) is 3.39. The van der Waals surface area contributed by atoms with Crippen molar-refractivity contribution in [2.24, 2.45) is 5.92 Å². The average Bonchev–Trinajstić information content (AvgIpc) is 3.23. The Morgan fingerprint density at radius 3 is 2.41 bits per heavy atom. The van der Waals surface area contributed by atoms with Crippen molar-refractivity contribution in [2.75, 3.05) is 24.6 Å². The smallest absolute Gasteiger partial charge is 0.329 e. The van der Waals surface area contributed by atoms with Gasteiger partial charge in [-0.25, -0.2) is 9.97 Å². The number of para-hydroxylation sites is 2. The van der Waals surface area contributed by atoms with E-state index in [1.807, 2.05) is 24.3 Å². The highest BCUT2D eigenvalue weighted by molar-refractivity contribution is 5.85. The maximum atomic E-state index is 12.7. The molecule has 1 aliphatic heterocycles. The fraction of sp³-hybridized carbons (Fsp3) is 0.524. The number of aromatic nitrogens is 2. The zero-order valence-electron chi connectivity index (χ0n) is 16.0. The SMILES string of the molecule is CCC(CC)COC(=O)C(C#N)c1nc2ccccc2nc1N1CCCC1. The topological polar surface area (TPSA) is 79.1 Å². The first kappa shape index (κ1) is 19.1. The van der Waals surface area contributed by atoms with Crippen LogP contribution in [0.15, 0.2) is 24.3 Å². The van der Waals surface area contributed by atoms with Gasteiger partial charge in [-0.2, -0.15) is 5.26 Å². The van der Waals surface area contributed by atoms with Gasteiger partial charge in [-0.05, 0) is 30.9 Å². The minimum absolute atomic E-state index is 0.314. The van der Waals surface area contributed by atoms with Crippen molar-refractivity contribution in [1.82, 2.24) is 9.97 Å². The third-order valence-corrected chi connectivity index (χ3v) is 5.24. The number of carbonyl (C=O) groups is 1. The zero-order valence-corrected chi connectivity index (χ0v) is 16.0. The minimum atomic E-state index is -1.06. The van der Waals surface area contributed by atoms with Crippen molar-refractivity contribution in [3.05, 3.63) is 30.0 Å². The first-order chi connectivity index (χ1) is 13.2. The van der Waals surface area contributed by atoms with Gasteiger partial charge in [0, 0.05) is 13.1 Å². The lowest BCUT2D eigenvalue weighted by atomic mass is 10.0. The van der Waals surface area contributed by atoms with E-state index < -0.39 is 11.9 Å². The number of nitrogens with zero attached hydrogens (tertiary/aromatic N) is 4. The third kappa shape index (κ3) is 4.19. The molecular formula is C21H26N4O2. The second kappa shape index (κ2) is 8.81. The van der Waals surface area contributed by atoms with Gasteiger partial charge >= 0.3 is 5.97 Å². The number of nitriles is 1. The molecule has 27 heavy (non-hydrogen) atoms. The maximum absolute atomic E-state index is 12.7. The van der Waals surface area contributed by atoms with E-state index in [1.54, 1.807) is 0 Å². The normalized spacial score (nSPS) is 15.1. The highest BCUT2D eigenvalue weighted by Gasteiger charge is 2.31. The molecule has 0 amide bonds. The fourth-order valence-electron chi connectivity index (χ4n) is 3.39. The highest BCUT2D eigenvalue weighted by atomic mass is 16.5. The Labute approximate surface area is 160 Å². The van der Waals surface area contributed by atoms with Crippen LogP contribution >= 0.6 is 0 Å². The van der Waals surface area contributed by atoms with Crippen LogP contribution in [0.1, 0.15) is 51.1 Å². The molecule has 1 fully saturated rings. The van der Waals surface area contributed by atoms with Gasteiger partial charge in [-0.15, -0.1) is 0 Å². The van der Waals surface area contributed by atoms with Crippen molar-refractivity contribution in [3.63, 3.8) is 0 Å². The molecule has 0 aliphatic carbocycles. The number of benzene rings is 1. The largest absolute Gasteiger partial charge is 0.464 e. The van der Waals surface area contributed by atoms with E-state index in [0.29, 0.717) is 29.6 Å². The Balaban J connectivity index is 1.95. The van der Waals surface area contributed by atoms with Crippen molar-refractivity contribution < 1.29 is 9.53 Å². The molecule has 1 atom stereocenters. The van der Waals surface area contributed by atoms with Gasteiger partial charge in [0.05, 0.1) is 23.7 Å². The number of fused-ring (bicyclic) bond motifs is 1. The van der Waals surface area contributed by atoms with E-state index in [4.69, 9.17) is 9.72 Å². The molecule has 1 unspecified atom stereocenters. The maximum Gasteiger partial charge on any atom is 0.329 e. The monoisotopic (exact) mass is 366 g/mol. The predicted octanol–water partition coefficient (Wildman–Crippen LogP) is 3.82. The van der Waals surface area contributed by atoms with Gasteiger partial charge in [0.1, 0.15) is 5.69 Å². The minimum Gasteiger partial charge on any atom is -0.464 e. The molecule has 6 nitrogen and oxygen atoms in total. The number of carbonyl (C=O) groups excluding carboxylic acids is 1. The Kier molecular flexibility index (Phi) is 6.23. The molecule has 1 aromatic carbocycles. The summed E-state index contributed by atoms with van der Waals surface area (Å²) in [6, 6.07) is 9.65. The molecule has 1 aliphatic rings. The Bertz CT molecular complexity index is 836. The van der Waals surface area contributed by atoms with Crippen molar-refractivity contribution in [3.8, 4) is 6.07 Å². The van der Waals surface area contributed by atoms with Crippen molar-refractivity contribution in [2.45, 2.75) is 45.4 Å². The molecule has 2 aromatic rings. The second-order valence-corrected chi connectivity index (χ2v) is 6.99. The molecular weight excluding hydrogens is 340 g/mol. The lowest BCUT2D eigenvalue weighted by molar-refractivity contribution is -0.145. The van der Waals surface area contributed by atoms with Gasteiger partial charge in [0.15, 0.2) is 11.7 Å². The summed E-state index contributed by atoms with van der Waals surface area (Å²) >= 11 is 0. The van der Waals surface area contributed by atoms with Crippen molar-refractivity contribution >= 4 is 22.8 Å². The number of rotatable bonds is 7. The Hall–Kier alpha value is -2.68. The summed E-state index contributed by atoms with van der Waals surface area (Å²) in [7, 11) is 0. The van der Waals surface area contributed by atoms with Crippen LogP contribution in [-0.2, 0) is 9.53 Å². The van der Waals surface area contributed by atoms with Gasteiger partial charge in [0.2, 0.25) is 0 Å². The van der Waals surface area contributed by atoms with Gasteiger partial charge < -0.3 is 9.64 Å². The summed E-state index contributed by atoms with van der Waals surface area (Å²) in [5.41, 5.74) is 1.86. The van der Waals surface area contributed by atoms with Gasteiger partial charge in [-0.1, -0.05) is 38.8 Å². The van der Waals surface area contributed by atoms with Crippen LogP contribution in [0.3, 0.4) is 0 Å². The Morgan fingerprint density at radius 1 is 1.19 bits per heavy atom. The second-order valence-electron chi connectivity index (χ2n) is 6.99. The lowest BCUT2D eigenvalue weighted by Crippen LogP contribution is -2.26. The van der Waals surface area contributed by atoms with Crippen LogP contribution in [0.5, 0.6) is 0 Å². The predicted molar refractivity (Wildman–Crippen MR) is 104 cm³/mol. The molecule has 1 aromatic heterocycles. The van der Waals surface area contributed by atoms with Gasteiger partial charge in [0.25, 0.3) is 0 Å². The quantitative estimate of drug-likeness (QED) is 0.693. The van der Waals surface area contributed by atoms with E-state index in [2.05, 4.69) is 29.8 Å². The van der Waals surface area contributed by atoms with Crippen LogP contribution in [0.2, 0.25) is 0 Å². The molecule has 6 heteroatoms. The van der Waals surface area contributed by atoms with Crippen LogP contribution in [0.4, 0.5) is 5.82 Å². The van der Waals surface area contributed by atoms with Gasteiger partial charge in [-0.3, -0.25) is 4.79 Å². The molecule has 0 radical (unpaired) electrons. The summed E-state index contributed by atoms with van der Waals surface area (Å²) in [5.74, 6) is -0.646. The third-order valence-electron chi connectivity index (χ3n) is 5.24. The van der Waals surface area contributed by atoms with Crippen molar-refractivity contribution in [1.29, 1.82) is 5.26 Å². The standard InChI is InChI=1S/C21H26N4O2/c1-3-15(4-2)14-27-21(26)16(13-22)19-20(25-11-7-8-12-25)24-18-10-6-5-9-17(18)23-19/h5-6,9-10,15-16H,3-4,7-8,11-12,14H2,1-2H3. The van der Waals surface area contributed by atoms with E-state index in [-0.39, 0.29) is 0 Å². The van der Waals surface area contributed by atoms with E-state index in [0.717, 1.165) is 44.3 Å². The molecule has 0 spiro atoms. The molecule has 2 heterocycles. The zero-order chi connectivity index (χ0) is 19.2. The number of hydrogen-bond donors (Lipinski definition) is 0. The summed E-state index contributed by atoms with van der Waals surface area (Å²) in [6.07, 6.45) is 4.03. The lowest BCUT2D eigenvalue weighted by Gasteiger charge is -2.22. The molecule has 0 N–H and O–H groups in total. The van der Waals surface area contributed by atoms with Crippen LogP contribution < -0.4 is 4.90 Å². The molecule has 3 rings (SSSR count). The summed E-state index contributed by atoms with van der Waals surface area (Å²) in [6.45, 7) is 6.21. The molecule has 0 saturated carbocycles. The number of anilines is 1. The average molecular weight is 366 g/mol. The first-order valence-electron chi connectivity index (χ1n) is 9.75. The molecule has 142 valence electrons. The molecule has 0 bridgehead atoms. The number of esters is 1.